The number of hydrogen-bond acceptors (Lipinski definition) is 3. The number of carbonyl (C=O) groups excluding carboxylic acids is 1. The Labute approximate surface area is 161 Å². The number of fused-ring (bicyclic) bond motifs is 1. The lowest BCUT2D eigenvalue weighted by atomic mass is 10.1. The number of carbonyl (C=O) groups is 1. The molecule has 2 heterocycles. The summed E-state index contributed by atoms with van der Waals surface area (Å²) in [5, 5.41) is 7.67. The molecule has 138 valence electrons. The van der Waals surface area contributed by atoms with E-state index in [0.717, 1.165) is 41.3 Å². The molecule has 6 heteroatoms. The summed E-state index contributed by atoms with van der Waals surface area (Å²) in [6.45, 7) is 0. The summed E-state index contributed by atoms with van der Waals surface area (Å²) in [4.78, 5) is 12.5. The van der Waals surface area contributed by atoms with E-state index in [9.17, 15) is 9.18 Å². The van der Waals surface area contributed by atoms with Gasteiger partial charge in [0.25, 0.3) is 0 Å². The van der Waals surface area contributed by atoms with Crippen LogP contribution in [0.15, 0.2) is 54.6 Å². The van der Waals surface area contributed by atoms with Crippen LogP contribution < -0.4 is 5.32 Å². The molecule has 0 atom stereocenters. The molecule has 27 heavy (non-hydrogen) atoms. The van der Waals surface area contributed by atoms with Crippen molar-refractivity contribution in [2.75, 3.05) is 5.32 Å². The van der Waals surface area contributed by atoms with Crippen molar-refractivity contribution >= 4 is 23.5 Å². The van der Waals surface area contributed by atoms with E-state index < -0.39 is 0 Å². The number of aryl methyl sites for hydroxylation is 1. The molecule has 1 aliphatic rings. The van der Waals surface area contributed by atoms with Gasteiger partial charge in [0.15, 0.2) is 0 Å². The summed E-state index contributed by atoms with van der Waals surface area (Å²) in [5.41, 5.74) is 4.04. The van der Waals surface area contributed by atoms with E-state index in [1.807, 2.05) is 18.2 Å². The van der Waals surface area contributed by atoms with E-state index in [4.69, 9.17) is 0 Å². The fourth-order valence-electron chi connectivity index (χ4n) is 3.20. The molecule has 1 aliphatic heterocycles. The largest absolute Gasteiger partial charge is 0.310 e. The predicted octanol–water partition coefficient (Wildman–Crippen LogP) is 4.72. The van der Waals surface area contributed by atoms with Gasteiger partial charge >= 0.3 is 0 Å². The third-order valence-electron chi connectivity index (χ3n) is 4.59. The number of amides is 1. The van der Waals surface area contributed by atoms with E-state index in [1.54, 1.807) is 28.6 Å². The summed E-state index contributed by atoms with van der Waals surface area (Å²) in [5.74, 6) is 2.07. The monoisotopic (exact) mass is 381 g/mol. The minimum absolute atomic E-state index is 0.0195. The molecule has 1 amide bonds. The summed E-state index contributed by atoms with van der Waals surface area (Å²) in [6.07, 6.45) is 2.11. The first kappa shape index (κ1) is 17.8. The number of hydrogen-bond donors (Lipinski definition) is 1. The molecule has 0 saturated carbocycles. The maximum absolute atomic E-state index is 13.3. The number of aromatic nitrogens is 2. The van der Waals surface area contributed by atoms with Crippen LogP contribution >= 0.6 is 11.8 Å². The average molecular weight is 381 g/mol. The van der Waals surface area contributed by atoms with E-state index in [2.05, 4.69) is 22.5 Å². The Hall–Kier alpha value is -2.60. The van der Waals surface area contributed by atoms with Gasteiger partial charge < -0.3 is 5.32 Å². The van der Waals surface area contributed by atoms with Crippen LogP contribution in [0.3, 0.4) is 0 Å². The van der Waals surface area contributed by atoms with Crippen molar-refractivity contribution in [3.63, 3.8) is 0 Å². The molecule has 0 fully saturated rings. The molecular weight excluding hydrogens is 361 g/mol. The van der Waals surface area contributed by atoms with Gasteiger partial charge in [-0.05, 0) is 42.7 Å². The predicted molar refractivity (Wildman–Crippen MR) is 107 cm³/mol. The third-order valence-corrected chi connectivity index (χ3v) is 5.56. The zero-order valence-corrected chi connectivity index (χ0v) is 15.6. The minimum Gasteiger partial charge on any atom is -0.310 e. The molecule has 0 saturated heterocycles. The Bertz CT molecular complexity index is 938. The number of benzene rings is 2. The molecule has 1 N–H and O–H groups in total. The van der Waals surface area contributed by atoms with Crippen LogP contribution in [0.2, 0.25) is 0 Å². The standard InChI is InChI=1S/C21H20FN3OS/c22-16-9-11-17(12-10-16)25-21(18-13-27-14-19(18)24-25)23-20(26)8-4-7-15-5-2-1-3-6-15/h1-3,5-6,9-12H,4,7-8,13-14H2,(H,23,26). The first-order chi connectivity index (χ1) is 13.2. The highest BCUT2D eigenvalue weighted by atomic mass is 32.2. The van der Waals surface area contributed by atoms with Gasteiger partial charge in [-0.3, -0.25) is 4.79 Å². The lowest BCUT2D eigenvalue weighted by Crippen LogP contribution is -2.16. The lowest BCUT2D eigenvalue weighted by Gasteiger charge is -2.11. The summed E-state index contributed by atoms with van der Waals surface area (Å²) >= 11 is 1.79. The highest BCUT2D eigenvalue weighted by molar-refractivity contribution is 7.98. The molecule has 0 aliphatic carbocycles. The number of anilines is 1. The topological polar surface area (TPSA) is 46.9 Å². The minimum atomic E-state index is -0.291. The molecule has 1 aromatic heterocycles. The molecule has 4 nitrogen and oxygen atoms in total. The first-order valence-electron chi connectivity index (χ1n) is 8.99. The number of nitrogens with one attached hydrogen (secondary N) is 1. The van der Waals surface area contributed by atoms with Crippen LogP contribution in [0.5, 0.6) is 0 Å². The second-order valence-electron chi connectivity index (χ2n) is 6.54. The van der Waals surface area contributed by atoms with Crippen LogP contribution in [0.25, 0.3) is 5.69 Å². The van der Waals surface area contributed by atoms with E-state index in [-0.39, 0.29) is 11.7 Å². The van der Waals surface area contributed by atoms with Gasteiger partial charge in [0, 0.05) is 23.5 Å². The Morgan fingerprint density at radius 2 is 1.89 bits per heavy atom. The second kappa shape index (κ2) is 7.96. The van der Waals surface area contributed by atoms with E-state index in [1.165, 1.54) is 17.7 Å². The van der Waals surface area contributed by atoms with Crippen LogP contribution in [0.4, 0.5) is 10.2 Å². The molecule has 0 unspecified atom stereocenters. The van der Waals surface area contributed by atoms with E-state index in [0.29, 0.717) is 12.2 Å². The summed E-state index contributed by atoms with van der Waals surface area (Å²) in [7, 11) is 0. The van der Waals surface area contributed by atoms with Gasteiger partial charge in [0.05, 0.1) is 11.4 Å². The Morgan fingerprint density at radius 3 is 2.67 bits per heavy atom. The number of nitrogens with zero attached hydrogens (tertiary/aromatic N) is 2. The van der Waals surface area contributed by atoms with Crippen LogP contribution in [0, 0.1) is 5.82 Å². The summed E-state index contributed by atoms with van der Waals surface area (Å²) in [6, 6.07) is 16.3. The van der Waals surface area contributed by atoms with Gasteiger partial charge in [-0.25, -0.2) is 9.07 Å². The van der Waals surface area contributed by atoms with Gasteiger partial charge in [-0.2, -0.15) is 16.9 Å². The molecule has 0 radical (unpaired) electrons. The number of halogens is 1. The summed E-state index contributed by atoms with van der Waals surface area (Å²) < 4.78 is 15.0. The van der Waals surface area contributed by atoms with Gasteiger partial charge in [0.1, 0.15) is 11.6 Å². The Kier molecular flexibility index (Phi) is 5.25. The second-order valence-corrected chi connectivity index (χ2v) is 7.53. The fourth-order valence-corrected chi connectivity index (χ4v) is 4.24. The zero-order valence-electron chi connectivity index (χ0n) is 14.8. The van der Waals surface area contributed by atoms with Crippen molar-refractivity contribution in [2.24, 2.45) is 0 Å². The molecule has 0 bridgehead atoms. The Balaban J connectivity index is 1.47. The highest BCUT2D eigenvalue weighted by Crippen LogP contribution is 2.36. The molecule has 0 spiro atoms. The number of thioether (sulfide) groups is 1. The van der Waals surface area contributed by atoms with Crippen molar-refractivity contribution in [2.45, 2.75) is 30.8 Å². The lowest BCUT2D eigenvalue weighted by molar-refractivity contribution is -0.116. The van der Waals surface area contributed by atoms with Crippen molar-refractivity contribution < 1.29 is 9.18 Å². The normalized spacial score (nSPS) is 12.8. The van der Waals surface area contributed by atoms with Crippen LogP contribution in [-0.2, 0) is 22.7 Å². The van der Waals surface area contributed by atoms with Crippen LogP contribution in [0.1, 0.15) is 29.7 Å². The first-order valence-corrected chi connectivity index (χ1v) is 10.1. The van der Waals surface area contributed by atoms with Crippen LogP contribution in [-0.4, -0.2) is 15.7 Å². The highest BCUT2D eigenvalue weighted by Gasteiger charge is 2.24. The Morgan fingerprint density at radius 1 is 1.11 bits per heavy atom. The van der Waals surface area contributed by atoms with Gasteiger partial charge in [-0.1, -0.05) is 30.3 Å². The van der Waals surface area contributed by atoms with Gasteiger partial charge in [-0.15, -0.1) is 0 Å². The van der Waals surface area contributed by atoms with E-state index >= 15 is 0 Å². The quantitative estimate of drug-likeness (QED) is 0.672. The fraction of sp³-hybridized carbons (Fsp3) is 0.238. The van der Waals surface area contributed by atoms with Crippen molar-refractivity contribution in [1.82, 2.24) is 9.78 Å². The average Bonchev–Trinajstić information content (AvgIpc) is 3.26. The van der Waals surface area contributed by atoms with Crippen molar-refractivity contribution in [3.8, 4) is 5.69 Å². The maximum atomic E-state index is 13.3. The van der Waals surface area contributed by atoms with Crippen molar-refractivity contribution in [3.05, 3.63) is 77.2 Å². The maximum Gasteiger partial charge on any atom is 0.225 e. The SMILES string of the molecule is O=C(CCCc1ccccc1)Nc1c2c(nn1-c1ccc(F)cc1)CSC2. The smallest absolute Gasteiger partial charge is 0.225 e. The molecule has 3 aromatic rings. The molecule has 2 aromatic carbocycles. The molecule has 4 rings (SSSR count). The van der Waals surface area contributed by atoms with Gasteiger partial charge in [0.2, 0.25) is 5.91 Å². The molecular formula is C21H20FN3OS. The third kappa shape index (κ3) is 4.06. The van der Waals surface area contributed by atoms with Crippen molar-refractivity contribution in [1.29, 1.82) is 0 Å². The zero-order chi connectivity index (χ0) is 18.6. The number of rotatable bonds is 6.